The number of hydrogen-bond donors (Lipinski definition) is 2. The van der Waals surface area contributed by atoms with Gasteiger partial charge in [0, 0.05) is 11.3 Å². The molecule has 6 nitrogen and oxygen atoms in total. The van der Waals surface area contributed by atoms with E-state index in [0.29, 0.717) is 34.2 Å². The smallest absolute Gasteiger partial charge is 0.365 e. The first-order chi connectivity index (χ1) is 14.3. The van der Waals surface area contributed by atoms with Crippen LogP contribution in [0.2, 0.25) is 5.02 Å². The van der Waals surface area contributed by atoms with E-state index in [1.807, 2.05) is 26.0 Å². The minimum absolute atomic E-state index is 0.0770. The number of nitrogen functional groups attached to an aromatic ring is 1. The Morgan fingerprint density at radius 2 is 1.80 bits per heavy atom. The fourth-order valence-electron chi connectivity index (χ4n) is 2.74. The van der Waals surface area contributed by atoms with Crippen LogP contribution >= 0.6 is 11.6 Å². The number of hydrogen-bond acceptors (Lipinski definition) is 5. The summed E-state index contributed by atoms with van der Waals surface area (Å²) in [7, 11) is 0. The van der Waals surface area contributed by atoms with E-state index >= 15 is 0 Å². The second-order valence-electron chi connectivity index (χ2n) is 6.79. The molecule has 0 atom stereocenters. The number of rotatable bonds is 6. The van der Waals surface area contributed by atoms with Gasteiger partial charge in [-0.25, -0.2) is 4.79 Å². The second kappa shape index (κ2) is 9.33. The minimum Gasteiger partial charge on any atom is -0.487 e. The number of benzene rings is 3. The molecule has 3 rings (SSSR count). The highest BCUT2D eigenvalue weighted by atomic mass is 35.5. The van der Waals surface area contributed by atoms with Crippen LogP contribution in [0.15, 0.2) is 65.8 Å². The lowest BCUT2D eigenvalue weighted by molar-refractivity contribution is 0.0516. The van der Waals surface area contributed by atoms with E-state index in [1.165, 1.54) is 0 Å². The van der Waals surface area contributed by atoms with Crippen molar-refractivity contribution in [2.45, 2.75) is 20.5 Å². The second-order valence-corrected chi connectivity index (χ2v) is 7.20. The Bertz CT molecular complexity index is 1100. The zero-order valence-corrected chi connectivity index (χ0v) is 17.4. The van der Waals surface area contributed by atoms with Gasteiger partial charge in [-0.05, 0) is 60.9 Å². The fourth-order valence-corrected chi connectivity index (χ4v) is 2.91. The number of nitrogens with zero attached hydrogens (tertiary/aromatic N) is 1. The van der Waals surface area contributed by atoms with E-state index in [9.17, 15) is 4.79 Å². The number of anilines is 1. The third kappa shape index (κ3) is 5.10. The van der Waals surface area contributed by atoms with E-state index in [0.717, 1.165) is 16.7 Å². The molecule has 0 saturated heterocycles. The van der Waals surface area contributed by atoms with Crippen molar-refractivity contribution in [3.8, 4) is 5.75 Å². The SMILES string of the molecule is Cc1ccc(Cl)c(OCc2ccc(C(=O)O/N=C(\N)c3cccc(N)c3C)cc2)c1. The maximum absolute atomic E-state index is 12.2. The van der Waals surface area contributed by atoms with Gasteiger partial charge in [0.1, 0.15) is 12.4 Å². The van der Waals surface area contributed by atoms with Crippen molar-refractivity contribution in [1.29, 1.82) is 0 Å². The van der Waals surface area contributed by atoms with Gasteiger partial charge in [0.25, 0.3) is 0 Å². The van der Waals surface area contributed by atoms with Crippen LogP contribution in [0.5, 0.6) is 5.75 Å². The van der Waals surface area contributed by atoms with Gasteiger partial charge in [-0.3, -0.25) is 0 Å². The summed E-state index contributed by atoms with van der Waals surface area (Å²) in [5, 5.41) is 4.29. The summed E-state index contributed by atoms with van der Waals surface area (Å²) < 4.78 is 5.76. The number of carbonyl (C=O) groups is 1. The topological polar surface area (TPSA) is 99.9 Å². The van der Waals surface area contributed by atoms with Gasteiger partial charge in [0.05, 0.1) is 10.6 Å². The number of nitrogens with two attached hydrogens (primary N) is 2. The van der Waals surface area contributed by atoms with Gasteiger partial charge in [-0.1, -0.05) is 47.1 Å². The number of carbonyl (C=O) groups excluding carboxylic acids is 1. The molecule has 0 radical (unpaired) electrons. The zero-order chi connectivity index (χ0) is 21.7. The van der Waals surface area contributed by atoms with Gasteiger partial charge < -0.3 is 21.0 Å². The third-order valence-corrected chi connectivity index (χ3v) is 4.86. The van der Waals surface area contributed by atoms with Crippen LogP contribution in [0.4, 0.5) is 5.69 Å². The molecule has 0 unspecified atom stereocenters. The molecule has 0 aliphatic heterocycles. The van der Waals surface area contributed by atoms with Crippen molar-refractivity contribution in [3.05, 3.63) is 93.5 Å². The highest BCUT2D eigenvalue weighted by molar-refractivity contribution is 6.32. The summed E-state index contributed by atoms with van der Waals surface area (Å²) >= 11 is 6.14. The Morgan fingerprint density at radius 3 is 2.53 bits per heavy atom. The van der Waals surface area contributed by atoms with Gasteiger partial charge in [-0.15, -0.1) is 0 Å². The zero-order valence-electron chi connectivity index (χ0n) is 16.7. The molecular weight excluding hydrogens is 402 g/mol. The van der Waals surface area contributed by atoms with Gasteiger partial charge in [0.15, 0.2) is 5.84 Å². The van der Waals surface area contributed by atoms with Crippen molar-refractivity contribution >= 4 is 29.1 Å². The number of aryl methyl sites for hydroxylation is 1. The first kappa shape index (κ1) is 21.2. The Morgan fingerprint density at radius 1 is 1.07 bits per heavy atom. The molecule has 0 fully saturated rings. The number of ether oxygens (including phenoxy) is 1. The Hall–Kier alpha value is -3.51. The van der Waals surface area contributed by atoms with Crippen LogP contribution in [0.1, 0.15) is 32.6 Å². The molecule has 30 heavy (non-hydrogen) atoms. The van der Waals surface area contributed by atoms with Crippen LogP contribution in [0.3, 0.4) is 0 Å². The molecule has 0 aliphatic carbocycles. The molecule has 4 N–H and O–H groups in total. The minimum atomic E-state index is -0.617. The Kier molecular flexibility index (Phi) is 6.59. The number of halogens is 1. The lowest BCUT2D eigenvalue weighted by Crippen LogP contribution is -2.17. The molecule has 0 heterocycles. The maximum atomic E-state index is 12.2. The summed E-state index contributed by atoms with van der Waals surface area (Å²) in [5.74, 6) is 0.0729. The fraction of sp³-hybridized carbons (Fsp3) is 0.130. The number of amidine groups is 1. The quantitative estimate of drug-likeness (QED) is 0.198. The Balaban J connectivity index is 1.62. The van der Waals surface area contributed by atoms with E-state index in [-0.39, 0.29) is 5.84 Å². The molecule has 3 aromatic rings. The summed E-state index contributed by atoms with van der Waals surface area (Å²) in [6.45, 7) is 4.10. The normalized spacial score (nSPS) is 11.2. The van der Waals surface area contributed by atoms with E-state index in [1.54, 1.807) is 48.5 Å². The van der Waals surface area contributed by atoms with E-state index in [4.69, 9.17) is 32.6 Å². The van der Waals surface area contributed by atoms with Gasteiger partial charge >= 0.3 is 5.97 Å². The first-order valence-electron chi connectivity index (χ1n) is 9.23. The van der Waals surface area contributed by atoms with Crippen LogP contribution in [0, 0.1) is 13.8 Å². The molecule has 3 aromatic carbocycles. The van der Waals surface area contributed by atoms with Crippen LogP contribution < -0.4 is 16.2 Å². The molecule has 0 aliphatic rings. The molecule has 0 saturated carbocycles. The summed E-state index contributed by atoms with van der Waals surface area (Å²) in [6, 6.07) is 17.7. The first-order valence-corrected chi connectivity index (χ1v) is 9.61. The van der Waals surface area contributed by atoms with E-state index < -0.39 is 5.97 Å². The summed E-state index contributed by atoms with van der Waals surface area (Å²) in [4.78, 5) is 17.2. The molecule has 154 valence electrons. The van der Waals surface area contributed by atoms with Crippen LogP contribution in [-0.4, -0.2) is 11.8 Å². The molecule has 0 spiro atoms. The predicted molar refractivity (Wildman–Crippen MR) is 119 cm³/mol. The van der Waals surface area contributed by atoms with Crippen molar-refractivity contribution in [2.75, 3.05) is 5.73 Å². The van der Waals surface area contributed by atoms with Crippen molar-refractivity contribution in [3.63, 3.8) is 0 Å². The van der Waals surface area contributed by atoms with E-state index in [2.05, 4.69) is 5.16 Å². The molecule has 7 heteroatoms. The monoisotopic (exact) mass is 423 g/mol. The molecule has 0 amide bonds. The summed E-state index contributed by atoms with van der Waals surface area (Å²) in [5.41, 5.74) is 16.0. The lowest BCUT2D eigenvalue weighted by Gasteiger charge is -2.09. The maximum Gasteiger partial charge on any atom is 0.365 e. The molecule has 0 aromatic heterocycles. The highest BCUT2D eigenvalue weighted by Crippen LogP contribution is 2.26. The Labute approximate surface area is 180 Å². The van der Waals surface area contributed by atoms with Crippen molar-refractivity contribution < 1.29 is 14.4 Å². The highest BCUT2D eigenvalue weighted by Gasteiger charge is 2.10. The molecular formula is C23H22ClN3O3. The standard InChI is InChI=1S/C23H22ClN3O3/c1-14-6-11-19(24)21(12-14)29-13-16-7-9-17(10-8-16)23(28)30-27-22(26)18-4-3-5-20(25)15(18)2/h3-12H,13,25H2,1-2H3,(H2,26,27). The average Bonchev–Trinajstić information content (AvgIpc) is 2.74. The largest absolute Gasteiger partial charge is 0.487 e. The summed E-state index contributed by atoms with van der Waals surface area (Å²) in [6.07, 6.45) is 0. The average molecular weight is 424 g/mol. The molecule has 0 bridgehead atoms. The van der Waals surface area contributed by atoms with Gasteiger partial charge in [0.2, 0.25) is 0 Å². The third-order valence-electron chi connectivity index (χ3n) is 4.55. The van der Waals surface area contributed by atoms with Crippen LogP contribution in [-0.2, 0) is 11.4 Å². The van der Waals surface area contributed by atoms with Crippen LogP contribution in [0.25, 0.3) is 0 Å². The lowest BCUT2D eigenvalue weighted by atomic mass is 10.1. The van der Waals surface area contributed by atoms with Crippen molar-refractivity contribution in [2.24, 2.45) is 10.9 Å². The van der Waals surface area contributed by atoms with Gasteiger partial charge in [-0.2, -0.15) is 0 Å². The number of oxime groups is 1. The predicted octanol–water partition coefficient (Wildman–Crippen LogP) is 4.60. The van der Waals surface area contributed by atoms with Crippen molar-refractivity contribution in [1.82, 2.24) is 0 Å².